The van der Waals surface area contributed by atoms with E-state index in [1.807, 2.05) is 55.5 Å². The third-order valence-electron chi connectivity index (χ3n) is 6.67. The quantitative estimate of drug-likeness (QED) is 0.466. The van der Waals surface area contributed by atoms with E-state index in [0.717, 1.165) is 17.5 Å². The van der Waals surface area contributed by atoms with Crippen LogP contribution < -0.4 is 5.32 Å². The van der Waals surface area contributed by atoms with Crippen molar-refractivity contribution in [3.63, 3.8) is 0 Å². The minimum atomic E-state index is -0.721. The van der Waals surface area contributed by atoms with Crippen molar-refractivity contribution in [3.05, 3.63) is 82.4 Å². The van der Waals surface area contributed by atoms with Gasteiger partial charge in [-0.15, -0.1) is 6.58 Å². The molecule has 0 saturated carbocycles. The van der Waals surface area contributed by atoms with Crippen LogP contribution in [0.25, 0.3) is 0 Å². The molecule has 1 heterocycles. The maximum absolute atomic E-state index is 13.0. The summed E-state index contributed by atoms with van der Waals surface area (Å²) in [6.07, 6.45) is 4.39. The smallest absolute Gasteiger partial charge is 0.223 e. The fourth-order valence-electron chi connectivity index (χ4n) is 4.60. The van der Waals surface area contributed by atoms with Crippen molar-refractivity contribution in [2.45, 2.75) is 51.5 Å². The molecule has 1 saturated heterocycles. The Morgan fingerprint density at radius 2 is 1.90 bits per heavy atom. The number of amides is 1. The van der Waals surface area contributed by atoms with Crippen LogP contribution in [0.4, 0.5) is 0 Å². The van der Waals surface area contributed by atoms with E-state index in [1.54, 1.807) is 13.0 Å². The molecular formula is C26H29Cl2NO2. The Bertz CT molecular complexity index is 956. The van der Waals surface area contributed by atoms with Crippen LogP contribution >= 0.6 is 23.2 Å². The number of benzene rings is 2. The van der Waals surface area contributed by atoms with Crippen molar-refractivity contribution in [2.75, 3.05) is 0 Å². The average Bonchev–Trinajstić information content (AvgIpc) is 2.74. The summed E-state index contributed by atoms with van der Waals surface area (Å²) in [5.74, 6) is -0.117. The minimum Gasteiger partial charge on any atom is -0.352 e. The number of halogens is 2. The molecule has 164 valence electrons. The van der Waals surface area contributed by atoms with Crippen LogP contribution in [0, 0.1) is 11.3 Å². The standard InChI is InChI=1S/C26H29Cl2NO2/c1-4-6-20-16-23(19-7-5-8-22(28)15-19)24(29-25(20)31)26(3,17(2)30)14-13-18-9-11-21(27)12-10-18/h4-5,7-12,15,20,23-24H,1,6,13-14,16H2,2-3H3,(H,29,31)/t20-,23+,24-,26-/m0/s1. The Balaban J connectivity index is 1.95. The highest BCUT2D eigenvalue weighted by Gasteiger charge is 2.48. The summed E-state index contributed by atoms with van der Waals surface area (Å²) in [5, 5.41) is 4.55. The second kappa shape index (κ2) is 10.0. The topological polar surface area (TPSA) is 46.2 Å². The number of carbonyl (C=O) groups is 2. The summed E-state index contributed by atoms with van der Waals surface area (Å²) in [6, 6.07) is 15.1. The molecule has 0 aromatic heterocycles. The van der Waals surface area contributed by atoms with Crippen molar-refractivity contribution in [1.82, 2.24) is 5.32 Å². The number of allylic oxidation sites excluding steroid dienone is 1. The molecule has 3 nitrogen and oxygen atoms in total. The van der Waals surface area contributed by atoms with Gasteiger partial charge in [0.15, 0.2) is 0 Å². The van der Waals surface area contributed by atoms with Gasteiger partial charge in [-0.1, -0.05) is 60.5 Å². The van der Waals surface area contributed by atoms with Crippen LogP contribution in [-0.4, -0.2) is 17.7 Å². The number of aryl methyl sites for hydroxylation is 1. The van der Waals surface area contributed by atoms with Crippen LogP contribution in [0.1, 0.15) is 50.2 Å². The van der Waals surface area contributed by atoms with Gasteiger partial charge in [0.05, 0.1) is 0 Å². The Labute approximate surface area is 194 Å². The van der Waals surface area contributed by atoms with Gasteiger partial charge in [-0.2, -0.15) is 0 Å². The summed E-state index contributed by atoms with van der Waals surface area (Å²) in [6.45, 7) is 7.40. The fourth-order valence-corrected chi connectivity index (χ4v) is 4.93. The molecule has 0 unspecified atom stereocenters. The lowest BCUT2D eigenvalue weighted by molar-refractivity contribution is -0.135. The zero-order valence-corrected chi connectivity index (χ0v) is 19.5. The van der Waals surface area contributed by atoms with Gasteiger partial charge in [-0.3, -0.25) is 9.59 Å². The summed E-state index contributed by atoms with van der Waals surface area (Å²) in [4.78, 5) is 25.9. The molecule has 2 aromatic rings. The maximum Gasteiger partial charge on any atom is 0.223 e. The zero-order chi connectivity index (χ0) is 22.6. The first-order chi connectivity index (χ1) is 14.7. The normalized spacial score (nSPS) is 23.0. The van der Waals surface area contributed by atoms with E-state index in [1.165, 1.54) is 0 Å². The predicted octanol–water partition coefficient (Wildman–Crippen LogP) is 6.39. The van der Waals surface area contributed by atoms with E-state index in [2.05, 4.69) is 11.9 Å². The van der Waals surface area contributed by atoms with E-state index in [0.29, 0.717) is 29.3 Å². The summed E-state index contributed by atoms with van der Waals surface area (Å²) >= 11 is 12.3. The Morgan fingerprint density at radius 1 is 1.19 bits per heavy atom. The molecule has 0 spiro atoms. The maximum atomic E-state index is 13.0. The van der Waals surface area contributed by atoms with Crippen molar-refractivity contribution in [1.29, 1.82) is 0 Å². The van der Waals surface area contributed by atoms with Crippen molar-refractivity contribution < 1.29 is 9.59 Å². The predicted molar refractivity (Wildman–Crippen MR) is 128 cm³/mol. The number of rotatable bonds is 8. The molecule has 0 aliphatic carbocycles. The van der Waals surface area contributed by atoms with Crippen LogP contribution in [0.15, 0.2) is 61.2 Å². The number of carbonyl (C=O) groups excluding carboxylic acids is 2. The number of nitrogens with one attached hydrogen (secondary N) is 1. The molecule has 0 radical (unpaired) electrons. The van der Waals surface area contributed by atoms with Gasteiger partial charge in [0.2, 0.25) is 5.91 Å². The fraction of sp³-hybridized carbons (Fsp3) is 0.385. The van der Waals surface area contributed by atoms with Gasteiger partial charge in [0.1, 0.15) is 5.78 Å². The van der Waals surface area contributed by atoms with Crippen LogP contribution in [0.2, 0.25) is 10.0 Å². The van der Waals surface area contributed by atoms with E-state index >= 15 is 0 Å². The molecule has 5 heteroatoms. The Morgan fingerprint density at radius 3 is 2.52 bits per heavy atom. The van der Waals surface area contributed by atoms with Crippen LogP contribution in [0.3, 0.4) is 0 Å². The van der Waals surface area contributed by atoms with E-state index in [9.17, 15) is 9.59 Å². The Hall–Kier alpha value is -2.10. The van der Waals surface area contributed by atoms with Gasteiger partial charge in [-0.25, -0.2) is 0 Å². The third-order valence-corrected chi connectivity index (χ3v) is 7.16. The highest BCUT2D eigenvalue weighted by atomic mass is 35.5. The van der Waals surface area contributed by atoms with Crippen LogP contribution in [-0.2, 0) is 16.0 Å². The molecule has 1 N–H and O–H groups in total. The van der Waals surface area contributed by atoms with Crippen molar-refractivity contribution >= 4 is 34.9 Å². The number of piperidine rings is 1. The van der Waals surface area contributed by atoms with E-state index in [4.69, 9.17) is 23.2 Å². The first kappa shape index (κ1) is 23.6. The monoisotopic (exact) mass is 457 g/mol. The van der Waals surface area contributed by atoms with Gasteiger partial charge >= 0.3 is 0 Å². The molecule has 1 aliphatic heterocycles. The molecule has 1 amide bonds. The van der Waals surface area contributed by atoms with Gasteiger partial charge in [0.25, 0.3) is 0 Å². The number of hydrogen-bond acceptors (Lipinski definition) is 2. The number of ketones is 1. The third kappa shape index (κ3) is 5.39. The summed E-state index contributed by atoms with van der Waals surface area (Å²) in [7, 11) is 0. The average molecular weight is 458 g/mol. The first-order valence-electron chi connectivity index (χ1n) is 10.7. The van der Waals surface area contributed by atoms with Crippen LogP contribution in [0.5, 0.6) is 0 Å². The number of hydrogen-bond donors (Lipinski definition) is 1. The molecule has 31 heavy (non-hydrogen) atoms. The van der Waals surface area contributed by atoms with Gasteiger partial charge < -0.3 is 5.32 Å². The lowest BCUT2D eigenvalue weighted by Gasteiger charge is -2.45. The second-order valence-electron chi connectivity index (χ2n) is 8.70. The molecule has 0 bridgehead atoms. The van der Waals surface area contributed by atoms with Gasteiger partial charge in [-0.05, 0) is 68.0 Å². The first-order valence-corrected chi connectivity index (χ1v) is 11.4. The van der Waals surface area contributed by atoms with Gasteiger partial charge in [0, 0.05) is 33.3 Å². The van der Waals surface area contributed by atoms with E-state index < -0.39 is 5.41 Å². The van der Waals surface area contributed by atoms with Crippen molar-refractivity contribution in [2.24, 2.45) is 11.3 Å². The molecule has 3 rings (SSSR count). The molecular weight excluding hydrogens is 429 g/mol. The highest BCUT2D eigenvalue weighted by Crippen LogP contribution is 2.43. The molecule has 2 aromatic carbocycles. The lowest BCUT2D eigenvalue weighted by Crippen LogP contribution is -2.58. The van der Waals surface area contributed by atoms with Crippen molar-refractivity contribution in [3.8, 4) is 0 Å². The molecule has 4 atom stereocenters. The second-order valence-corrected chi connectivity index (χ2v) is 9.58. The molecule has 1 fully saturated rings. The highest BCUT2D eigenvalue weighted by molar-refractivity contribution is 6.30. The van der Waals surface area contributed by atoms with E-state index in [-0.39, 0.29) is 29.6 Å². The summed E-state index contributed by atoms with van der Waals surface area (Å²) in [5.41, 5.74) is 1.44. The number of Topliss-reactive ketones (excluding diaryl/α,β-unsaturated/α-hetero) is 1. The molecule has 1 aliphatic rings. The summed E-state index contributed by atoms with van der Waals surface area (Å²) < 4.78 is 0. The lowest BCUT2D eigenvalue weighted by atomic mass is 9.64. The Kier molecular flexibility index (Phi) is 7.61. The SMILES string of the molecule is C=CC[C@H]1C[C@H](c2cccc(Cl)c2)[C@@H]([C@@](C)(CCc2ccc(Cl)cc2)C(C)=O)NC1=O. The zero-order valence-electron chi connectivity index (χ0n) is 18.0. The largest absolute Gasteiger partial charge is 0.352 e. The minimum absolute atomic E-state index is 0.0119.